The number of aryl methyl sites for hydroxylation is 2. The fraction of sp³-hybridized carbons (Fsp3) is 0.529. The normalized spacial score (nSPS) is 23.2. The van der Waals surface area contributed by atoms with E-state index < -0.39 is 0 Å². The highest BCUT2D eigenvalue weighted by Crippen LogP contribution is 2.33. The van der Waals surface area contributed by atoms with Gasteiger partial charge in [-0.05, 0) is 36.8 Å². The van der Waals surface area contributed by atoms with Gasteiger partial charge in [0, 0.05) is 30.1 Å². The van der Waals surface area contributed by atoms with Gasteiger partial charge in [0.25, 0.3) is 0 Å². The monoisotopic (exact) mass is 331 g/mol. The summed E-state index contributed by atoms with van der Waals surface area (Å²) in [6.07, 6.45) is 5.25. The fourth-order valence-electron chi connectivity index (χ4n) is 3.53. The quantitative estimate of drug-likeness (QED) is 0.939. The SMILES string of the molecule is Cc1cn2c(n1)CCC(NC(=O)CC1OCCc3ccsc31)C2. The van der Waals surface area contributed by atoms with Crippen molar-refractivity contribution in [3.63, 3.8) is 0 Å². The number of carbonyl (C=O) groups excluding carboxylic acids is 1. The first-order valence-corrected chi connectivity index (χ1v) is 9.07. The minimum absolute atomic E-state index is 0.0756. The lowest BCUT2D eigenvalue weighted by atomic mass is 10.0. The molecule has 5 nitrogen and oxygen atoms in total. The van der Waals surface area contributed by atoms with Crippen LogP contribution in [-0.4, -0.2) is 28.1 Å². The van der Waals surface area contributed by atoms with E-state index in [1.54, 1.807) is 11.3 Å². The van der Waals surface area contributed by atoms with Crippen LogP contribution < -0.4 is 5.32 Å². The molecule has 23 heavy (non-hydrogen) atoms. The van der Waals surface area contributed by atoms with E-state index in [-0.39, 0.29) is 18.1 Å². The number of hydrogen-bond donors (Lipinski definition) is 1. The molecule has 0 fully saturated rings. The van der Waals surface area contributed by atoms with E-state index in [0.717, 1.165) is 37.3 Å². The molecule has 2 unspecified atom stereocenters. The van der Waals surface area contributed by atoms with Crippen LogP contribution in [0, 0.1) is 6.92 Å². The number of ether oxygens (including phenoxy) is 1. The molecule has 2 aliphatic rings. The molecule has 0 saturated heterocycles. The molecule has 122 valence electrons. The minimum atomic E-state index is -0.0756. The number of amides is 1. The number of hydrogen-bond acceptors (Lipinski definition) is 4. The van der Waals surface area contributed by atoms with Gasteiger partial charge in [0.05, 0.1) is 18.7 Å². The summed E-state index contributed by atoms with van der Waals surface area (Å²) in [5, 5.41) is 5.27. The summed E-state index contributed by atoms with van der Waals surface area (Å²) < 4.78 is 7.98. The Labute approximate surface area is 139 Å². The van der Waals surface area contributed by atoms with Crippen LogP contribution in [0.1, 0.15) is 40.9 Å². The van der Waals surface area contributed by atoms with Crippen LogP contribution in [0.4, 0.5) is 0 Å². The molecule has 2 aliphatic heterocycles. The van der Waals surface area contributed by atoms with Crippen LogP contribution in [0.5, 0.6) is 0 Å². The van der Waals surface area contributed by atoms with Crippen LogP contribution in [0.2, 0.25) is 0 Å². The molecule has 2 aromatic rings. The summed E-state index contributed by atoms with van der Waals surface area (Å²) in [5.41, 5.74) is 2.39. The maximum absolute atomic E-state index is 12.4. The van der Waals surface area contributed by atoms with Crippen molar-refractivity contribution in [2.24, 2.45) is 0 Å². The lowest BCUT2D eigenvalue weighted by Gasteiger charge is -2.27. The first-order valence-electron chi connectivity index (χ1n) is 8.19. The number of aromatic nitrogens is 2. The van der Waals surface area contributed by atoms with Crippen molar-refractivity contribution in [1.29, 1.82) is 0 Å². The van der Waals surface area contributed by atoms with Gasteiger partial charge < -0.3 is 14.6 Å². The van der Waals surface area contributed by atoms with E-state index in [0.29, 0.717) is 13.0 Å². The van der Waals surface area contributed by atoms with Crippen LogP contribution in [0.15, 0.2) is 17.6 Å². The number of fused-ring (bicyclic) bond motifs is 2. The molecule has 6 heteroatoms. The van der Waals surface area contributed by atoms with E-state index in [1.165, 1.54) is 10.4 Å². The van der Waals surface area contributed by atoms with Crippen molar-refractivity contribution < 1.29 is 9.53 Å². The summed E-state index contributed by atoms with van der Waals surface area (Å²) in [6, 6.07) is 2.34. The first kappa shape index (κ1) is 14.9. The molecule has 2 atom stereocenters. The fourth-order valence-corrected chi connectivity index (χ4v) is 4.54. The van der Waals surface area contributed by atoms with Gasteiger partial charge in [-0.2, -0.15) is 0 Å². The molecule has 0 aromatic carbocycles. The molecule has 0 aliphatic carbocycles. The maximum Gasteiger partial charge on any atom is 0.223 e. The molecule has 2 aromatic heterocycles. The second kappa shape index (κ2) is 6.09. The average Bonchev–Trinajstić information content (AvgIpc) is 3.12. The standard InChI is InChI=1S/C17H21N3O2S/c1-11-9-20-10-13(2-3-15(20)18-11)19-16(21)8-14-17-12(4-6-22-14)5-7-23-17/h5,7,9,13-14H,2-4,6,8,10H2,1H3,(H,19,21). The topological polar surface area (TPSA) is 56.2 Å². The van der Waals surface area contributed by atoms with Gasteiger partial charge in [-0.1, -0.05) is 0 Å². The van der Waals surface area contributed by atoms with E-state index in [4.69, 9.17) is 4.74 Å². The van der Waals surface area contributed by atoms with E-state index in [1.807, 2.05) is 6.92 Å². The van der Waals surface area contributed by atoms with Crippen molar-refractivity contribution in [1.82, 2.24) is 14.9 Å². The predicted octanol–water partition coefficient (Wildman–Crippen LogP) is 2.39. The lowest BCUT2D eigenvalue weighted by Crippen LogP contribution is -2.41. The molecule has 4 rings (SSSR count). The van der Waals surface area contributed by atoms with Gasteiger partial charge in [0.15, 0.2) is 0 Å². The molecule has 1 N–H and O–H groups in total. The van der Waals surface area contributed by atoms with Crippen LogP contribution in [0.25, 0.3) is 0 Å². The number of rotatable bonds is 3. The average molecular weight is 331 g/mol. The number of carbonyl (C=O) groups is 1. The molecule has 0 spiro atoms. The molecule has 0 saturated carbocycles. The third-order valence-electron chi connectivity index (χ3n) is 4.61. The number of nitrogens with one attached hydrogen (secondary N) is 1. The Kier molecular flexibility index (Phi) is 3.95. The van der Waals surface area contributed by atoms with Gasteiger partial charge in [0.2, 0.25) is 5.91 Å². The van der Waals surface area contributed by atoms with E-state index >= 15 is 0 Å². The maximum atomic E-state index is 12.4. The van der Waals surface area contributed by atoms with Gasteiger partial charge >= 0.3 is 0 Å². The molecule has 1 amide bonds. The zero-order chi connectivity index (χ0) is 15.8. The number of imidazole rings is 1. The molecule has 0 bridgehead atoms. The molecule has 0 radical (unpaired) electrons. The van der Waals surface area contributed by atoms with Crippen molar-refractivity contribution in [3.05, 3.63) is 39.6 Å². The Hall–Kier alpha value is -1.66. The highest BCUT2D eigenvalue weighted by atomic mass is 32.1. The lowest BCUT2D eigenvalue weighted by molar-refractivity contribution is -0.125. The third kappa shape index (κ3) is 3.05. The number of nitrogens with zero attached hydrogens (tertiary/aromatic N) is 2. The van der Waals surface area contributed by atoms with Crippen molar-refractivity contribution in [2.75, 3.05) is 6.61 Å². The Morgan fingerprint density at radius 1 is 1.52 bits per heavy atom. The van der Waals surface area contributed by atoms with Crippen molar-refractivity contribution in [2.45, 2.75) is 51.3 Å². The van der Waals surface area contributed by atoms with E-state index in [9.17, 15) is 4.79 Å². The zero-order valence-corrected chi connectivity index (χ0v) is 14.1. The number of thiophene rings is 1. The smallest absolute Gasteiger partial charge is 0.223 e. The van der Waals surface area contributed by atoms with Gasteiger partial charge in [-0.15, -0.1) is 11.3 Å². The zero-order valence-electron chi connectivity index (χ0n) is 13.2. The van der Waals surface area contributed by atoms with Crippen molar-refractivity contribution in [3.8, 4) is 0 Å². The minimum Gasteiger partial charge on any atom is -0.372 e. The Bertz CT molecular complexity index is 721. The summed E-state index contributed by atoms with van der Waals surface area (Å²) in [4.78, 5) is 18.2. The molecular weight excluding hydrogens is 310 g/mol. The summed E-state index contributed by atoms with van der Waals surface area (Å²) >= 11 is 1.70. The highest BCUT2D eigenvalue weighted by molar-refractivity contribution is 7.10. The summed E-state index contributed by atoms with van der Waals surface area (Å²) in [5.74, 6) is 1.22. The highest BCUT2D eigenvalue weighted by Gasteiger charge is 2.27. The van der Waals surface area contributed by atoms with Crippen LogP contribution in [0.3, 0.4) is 0 Å². The first-order chi connectivity index (χ1) is 11.2. The van der Waals surface area contributed by atoms with Crippen LogP contribution in [-0.2, 0) is 28.9 Å². The van der Waals surface area contributed by atoms with E-state index in [2.05, 4.69) is 32.5 Å². The molecular formula is C17H21N3O2S. The van der Waals surface area contributed by atoms with Gasteiger partial charge in [-0.3, -0.25) is 4.79 Å². The summed E-state index contributed by atoms with van der Waals surface area (Å²) in [6.45, 7) is 3.54. The van der Waals surface area contributed by atoms with Gasteiger partial charge in [-0.25, -0.2) is 4.98 Å². The molecule has 4 heterocycles. The largest absolute Gasteiger partial charge is 0.372 e. The third-order valence-corrected chi connectivity index (χ3v) is 5.66. The van der Waals surface area contributed by atoms with Crippen LogP contribution >= 0.6 is 11.3 Å². The Morgan fingerprint density at radius 2 is 2.43 bits per heavy atom. The Morgan fingerprint density at radius 3 is 3.35 bits per heavy atom. The summed E-state index contributed by atoms with van der Waals surface area (Å²) in [7, 11) is 0. The Balaban J connectivity index is 1.37. The van der Waals surface area contributed by atoms with Gasteiger partial charge in [0.1, 0.15) is 11.9 Å². The second-order valence-electron chi connectivity index (χ2n) is 6.38. The predicted molar refractivity (Wildman–Crippen MR) is 88.5 cm³/mol. The second-order valence-corrected chi connectivity index (χ2v) is 7.33. The van der Waals surface area contributed by atoms with Crippen molar-refractivity contribution >= 4 is 17.2 Å².